The molecule has 0 saturated carbocycles. The fourth-order valence-corrected chi connectivity index (χ4v) is 3.51. The van der Waals surface area contributed by atoms with E-state index in [9.17, 15) is 9.59 Å². The first-order valence-electron chi connectivity index (χ1n) is 9.08. The molecule has 0 unspecified atom stereocenters. The van der Waals surface area contributed by atoms with Crippen LogP contribution in [0.15, 0.2) is 65.5 Å². The van der Waals surface area contributed by atoms with Crippen LogP contribution >= 0.6 is 15.9 Å². The van der Waals surface area contributed by atoms with Gasteiger partial charge in [0, 0.05) is 24.3 Å². The molecule has 29 heavy (non-hydrogen) atoms. The van der Waals surface area contributed by atoms with Crippen molar-refractivity contribution >= 4 is 33.4 Å². The van der Waals surface area contributed by atoms with Crippen molar-refractivity contribution in [1.82, 2.24) is 14.9 Å². The van der Waals surface area contributed by atoms with Gasteiger partial charge in [-0.3, -0.25) is 9.59 Å². The van der Waals surface area contributed by atoms with E-state index in [4.69, 9.17) is 4.74 Å². The Morgan fingerprint density at radius 1 is 1.28 bits per heavy atom. The Morgan fingerprint density at radius 2 is 2.07 bits per heavy atom. The first kappa shape index (κ1) is 19.2. The minimum atomic E-state index is -0.807. The molecule has 1 N–H and O–H groups in total. The number of likely N-dealkylation sites (N-methyl/N-ethyl adjacent to an activating group) is 1. The normalized spacial score (nSPS) is 16.0. The van der Waals surface area contributed by atoms with Crippen LogP contribution in [0.4, 0.5) is 5.69 Å². The van der Waals surface area contributed by atoms with Gasteiger partial charge in [0.25, 0.3) is 11.8 Å². The number of benzene rings is 2. The fraction of sp³-hybridized carbons (Fsp3) is 0.190. The summed E-state index contributed by atoms with van der Waals surface area (Å²) in [5.41, 5.74) is 2.00. The molecule has 0 bridgehead atoms. The van der Waals surface area contributed by atoms with E-state index in [0.29, 0.717) is 18.0 Å². The van der Waals surface area contributed by atoms with Gasteiger partial charge in [-0.2, -0.15) is 0 Å². The van der Waals surface area contributed by atoms with Crippen molar-refractivity contribution in [1.29, 1.82) is 0 Å². The van der Waals surface area contributed by atoms with E-state index in [0.717, 1.165) is 10.0 Å². The van der Waals surface area contributed by atoms with Crippen molar-refractivity contribution in [3.8, 4) is 5.75 Å². The molecule has 2 aromatic carbocycles. The maximum absolute atomic E-state index is 12.8. The molecule has 3 aromatic rings. The Balaban J connectivity index is 1.45. The van der Waals surface area contributed by atoms with Gasteiger partial charge in [-0.1, -0.05) is 46.3 Å². The van der Waals surface area contributed by atoms with Crippen molar-refractivity contribution < 1.29 is 14.3 Å². The minimum Gasteiger partial charge on any atom is -0.489 e. The van der Waals surface area contributed by atoms with Crippen LogP contribution in [0.3, 0.4) is 0 Å². The number of anilines is 1. The molecule has 2 amide bonds. The molecule has 1 aliphatic heterocycles. The molecule has 1 aliphatic rings. The Bertz CT molecular complexity index is 1050. The highest BCUT2D eigenvalue weighted by atomic mass is 79.9. The zero-order chi connectivity index (χ0) is 20.4. The van der Waals surface area contributed by atoms with Crippen LogP contribution in [0.25, 0.3) is 0 Å². The van der Waals surface area contributed by atoms with Crippen LogP contribution in [-0.2, 0) is 11.3 Å². The summed E-state index contributed by atoms with van der Waals surface area (Å²) in [5, 5.41) is 2.74. The van der Waals surface area contributed by atoms with Crippen LogP contribution in [0.1, 0.15) is 16.1 Å². The summed E-state index contributed by atoms with van der Waals surface area (Å²) in [7, 11) is 1.66. The average molecular weight is 455 g/mol. The van der Waals surface area contributed by atoms with Gasteiger partial charge in [0.1, 0.15) is 24.1 Å². The number of halogens is 1. The molecule has 2 heterocycles. The van der Waals surface area contributed by atoms with Gasteiger partial charge in [-0.15, -0.1) is 0 Å². The largest absolute Gasteiger partial charge is 0.489 e. The average Bonchev–Trinajstić information content (AvgIpc) is 3.16. The lowest BCUT2D eigenvalue weighted by atomic mass is 10.2. The molecule has 4 rings (SSSR count). The summed E-state index contributed by atoms with van der Waals surface area (Å²) in [5.74, 6) is -0.0776. The lowest BCUT2D eigenvalue weighted by Crippen LogP contribution is -2.49. The molecular weight excluding hydrogens is 436 g/mol. The molecule has 1 atom stereocenters. The molecule has 148 valence electrons. The van der Waals surface area contributed by atoms with Gasteiger partial charge < -0.3 is 19.5 Å². The maximum atomic E-state index is 12.8. The zero-order valence-corrected chi connectivity index (χ0v) is 17.3. The van der Waals surface area contributed by atoms with Gasteiger partial charge >= 0.3 is 0 Å². The van der Waals surface area contributed by atoms with Gasteiger partial charge in [0.2, 0.25) is 0 Å². The number of nitrogens with zero attached hydrogens (tertiary/aromatic N) is 3. The number of nitrogens with one attached hydrogen (secondary N) is 1. The van der Waals surface area contributed by atoms with Crippen LogP contribution in [0.2, 0.25) is 0 Å². The second-order valence-corrected chi connectivity index (χ2v) is 7.68. The van der Waals surface area contributed by atoms with Crippen LogP contribution in [0.5, 0.6) is 5.75 Å². The molecule has 7 nitrogen and oxygen atoms in total. The van der Waals surface area contributed by atoms with Crippen molar-refractivity contribution in [3.63, 3.8) is 0 Å². The van der Waals surface area contributed by atoms with E-state index in [1.165, 1.54) is 4.90 Å². The molecule has 0 radical (unpaired) electrons. The smallest absolute Gasteiger partial charge is 0.272 e. The number of hydrogen-bond donors (Lipinski definition) is 1. The van der Waals surface area contributed by atoms with Gasteiger partial charge in [0.15, 0.2) is 0 Å². The Hall–Kier alpha value is -3.13. The highest BCUT2D eigenvalue weighted by molar-refractivity contribution is 9.10. The number of rotatable bonds is 4. The Labute approximate surface area is 176 Å². The summed E-state index contributed by atoms with van der Waals surface area (Å²) in [6.45, 7) is 0.661. The third kappa shape index (κ3) is 4.17. The topological polar surface area (TPSA) is 76.5 Å². The quantitative estimate of drug-likeness (QED) is 0.657. The number of carbonyl (C=O) groups excluding carboxylic acids is 2. The summed E-state index contributed by atoms with van der Waals surface area (Å²) in [6, 6.07) is 14.5. The number of aromatic nitrogens is 2. The predicted molar refractivity (Wildman–Crippen MR) is 112 cm³/mol. The van der Waals surface area contributed by atoms with E-state index >= 15 is 0 Å². The van der Waals surface area contributed by atoms with E-state index in [1.54, 1.807) is 25.6 Å². The molecule has 8 heteroatoms. The van der Waals surface area contributed by atoms with E-state index in [2.05, 4.69) is 26.2 Å². The van der Waals surface area contributed by atoms with Crippen molar-refractivity contribution in [2.45, 2.75) is 12.6 Å². The SMILES string of the molecule is CN1C(=O)[C@@H](NC(=O)c2cn(Cc3ccccc3)cn2)COc2ccc(Br)cc21. The number of carbonyl (C=O) groups is 2. The monoisotopic (exact) mass is 454 g/mol. The van der Waals surface area contributed by atoms with E-state index in [-0.39, 0.29) is 18.2 Å². The first-order valence-corrected chi connectivity index (χ1v) is 9.87. The molecule has 0 fully saturated rings. The lowest BCUT2D eigenvalue weighted by Gasteiger charge is -2.20. The number of amides is 2. The summed E-state index contributed by atoms with van der Waals surface area (Å²) in [6.07, 6.45) is 3.27. The summed E-state index contributed by atoms with van der Waals surface area (Å²) in [4.78, 5) is 31.1. The highest BCUT2D eigenvalue weighted by Crippen LogP contribution is 2.33. The van der Waals surface area contributed by atoms with Crippen molar-refractivity contribution in [3.05, 3.63) is 76.8 Å². The van der Waals surface area contributed by atoms with Crippen LogP contribution < -0.4 is 15.0 Å². The molecule has 1 aromatic heterocycles. The van der Waals surface area contributed by atoms with E-state index < -0.39 is 11.9 Å². The first-order chi connectivity index (χ1) is 14.0. The number of ether oxygens (including phenoxy) is 1. The Kier molecular flexibility index (Phi) is 5.35. The Morgan fingerprint density at radius 3 is 2.86 bits per heavy atom. The third-order valence-electron chi connectivity index (χ3n) is 4.70. The van der Waals surface area contributed by atoms with Gasteiger partial charge in [-0.05, 0) is 23.8 Å². The predicted octanol–water partition coefficient (Wildman–Crippen LogP) is 2.85. The molecular formula is C21H19BrN4O3. The van der Waals surface area contributed by atoms with Crippen molar-refractivity contribution in [2.24, 2.45) is 0 Å². The minimum absolute atomic E-state index is 0.0499. The van der Waals surface area contributed by atoms with Crippen LogP contribution in [-0.4, -0.2) is 41.1 Å². The van der Waals surface area contributed by atoms with Crippen molar-refractivity contribution in [2.75, 3.05) is 18.6 Å². The summed E-state index contributed by atoms with van der Waals surface area (Å²) >= 11 is 3.40. The van der Waals surface area contributed by atoms with Crippen LogP contribution in [0, 0.1) is 0 Å². The maximum Gasteiger partial charge on any atom is 0.272 e. The molecule has 0 spiro atoms. The lowest BCUT2D eigenvalue weighted by molar-refractivity contribution is -0.120. The number of fused-ring (bicyclic) bond motifs is 1. The van der Waals surface area contributed by atoms with E-state index in [1.807, 2.05) is 47.0 Å². The third-order valence-corrected chi connectivity index (χ3v) is 5.19. The molecule has 0 aliphatic carbocycles. The second-order valence-electron chi connectivity index (χ2n) is 6.76. The van der Waals surface area contributed by atoms with Gasteiger partial charge in [0.05, 0.1) is 12.0 Å². The zero-order valence-electron chi connectivity index (χ0n) is 15.7. The summed E-state index contributed by atoms with van der Waals surface area (Å²) < 4.78 is 8.42. The second kappa shape index (κ2) is 8.08. The fourth-order valence-electron chi connectivity index (χ4n) is 3.17. The van der Waals surface area contributed by atoms with Gasteiger partial charge in [-0.25, -0.2) is 4.98 Å². The number of imidazole rings is 1. The highest BCUT2D eigenvalue weighted by Gasteiger charge is 2.31. The molecule has 0 saturated heterocycles. The number of hydrogen-bond acceptors (Lipinski definition) is 4. The standard InChI is InChI=1S/C21H19BrN4O3/c1-25-18-9-15(22)7-8-19(18)29-12-17(21(25)28)24-20(27)16-11-26(13-23-16)10-14-5-3-2-4-6-14/h2-9,11,13,17H,10,12H2,1H3,(H,24,27)/t17-/m0/s1.